The third-order valence-corrected chi connectivity index (χ3v) is 10.6. The second-order valence-electron chi connectivity index (χ2n) is 12.1. The van der Waals surface area contributed by atoms with E-state index in [2.05, 4.69) is 163 Å². The standard InChI is InChI=1S/C44H27NOS/c1-2-11-32-29(10-1)26-39(34-13-4-3-12-33(32)34)28-20-22-30(23-21-28)45(31-24-25-37-36-15-6-8-19-42(36)47-43(37)27-31)40-17-9-16-38-35-14-5-7-18-41(35)46-44(38)40/h1-27H. The number of anilines is 3. The molecule has 0 radical (unpaired) electrons. The monoisotopic (exact) mass is 617 g/mol. The van der Waals surface area contributed by atoms with E-state index in [-0.39, 0.29) is 0 Å². The highest BCUT2D eigenvalue weighted by Crippen LogP contribution is 2.45. The Labute approximate surface area is 275 Å². The maximum Gasteiger partial charge on any atom is 0.159 e. The lowest BCUT2D eigenvalue weighted by atomic mass is 9.93. The van der Waals surface area contributed by atoms with Crippen LogP contribution >= 0.6 is 11.3 Å². The number of rotatable bonds is 4. The highest BCUT2D eigenvalue weighted by molar-refractivity contribution is 7.25. The van der Waals surface area contributed by atoms with Gasteiger partial charge in [-0.15, -0.1) is 11.3 Å². The van der Waals surface area contributed by atoms with E-state index in [1.807, 2.05) is 17.4 Å². The van der Waals surface area contributed by atoms with Gasteiger partial charge in [0.05, 0.1) is 5.69 Å². The zero-order valence-corrected chi connectivity index (χ0v) is 26.2. The third-order valence-electron chi connectivity index (χ3n) is 9.45. The van der Waals surface area contributed by atoms with Gasteiger partial charge in [0.2, 0.25) is 0 Å². The van der Waals surface area contributed by atoms with Gasteiger partial charge in [-0.3, -0.25) is 0 Å². The molecule has 0 spiro atoms. The van der Waals surface area contributed by atoms with Gasteiger partial charge >= 0.3 is 0 Å². The smallest absolute Gasteiger partial charge is 0.159 e. The van der Waals surface area contributed by atoms with Crippen LogP contribution in [0.1, 0.15) is 0 Å². The van der Waals surface area contributed by atoms with Gasteiger partial charge in [-0.25, -0.2) is 0 Å². The Morgan fingerprint density at radius 3 is 1.96 bits per heavy atom. The Morgan fingerprint density at radius 1 is 0.426 bits per heavy atom. The summed E-state index contributed by atoms with van der Waals surface area (Å²) in [4.78, 5) is 2.34. The van der Waals surface area contributed by atoms with Crippen molar-refractivity contribution < 1.29 is 4.42 Å². The minimum absolute atomic E-state index is 0.884. The molecule has 2 nitrogen and oxygen atoms in total. The van der Waals surface area contributed by atoms with Crippen molar-refractivity contribution in [2.24, 2.45) is 0 Å². The van der Waals surface area contributed by atoms with Gasteiger partial charge in [-0.05, 0) is 81.2 Å². The minimum Gasteiger partial charge on any atom is -0.454 e. The van der Waals surface area contributed by atoms with Crippen molar-refractivity contribution in [2.75, 3.05) is 4.90 Å². The number of furan rings is 1. The van der Waals surface area contributed by atoms with Gasteiger partial charge in [0.25, 0.3) is 0 Å². The zero-order valence-electron chi connectivity index (χ0n) is 25.4. The summed E-state index contributed by atoms with van der Waals surface area (Å²) in [5, 5.41) is 9.91. The van der Waals surface area contributed by atoms with Crippen LogP contribution in [0.15, 0.2) is 168 Å². The number of hydrogen-bond acceptors (Lipinski definition) is 3. The quantitative estimate of drug-likeness (QED) is 0.183. The molecule has 0 fully saturated rings. The van der Waals surface area contributed by atoms with Crippen molar-refractivity contribution in [3.63, 3.8) is 0 Å². The van der Waals surface area contributed by atoms with E-state index in [0.29, 0.717) is 0 Å². The normalized spacial score (nSPS) is 11.8. The summed E-state index contributed by atoms with van der Waals surface area (Å²) in [6.45, 7) is 0. The molecule has 8 aromatic carbocycles. The van der Waals surface area contributed by atoms with Crippen molar-refractivity contribution >= 4 is 92.1 Å². The first-order valence-electron chi connectivity index (χ1n) is 15.9. The van der Waals surface area contributed by atoms with E-state index < -0.39 is 0 Å². The van der Waals surface area contributed by atoms with Crippen LogP contribution in [0.2, 0.25) is 0 Å². The molecule has 0 aliphatic heterocycles. The predicted molar refractivity (Wildman–Crippen MR) is 202 cm³/mol. The molecule has 220 valence electrons. The van der Waals surface area contributed by atoms with Gasteiger partial charge in [-0.1, -0.05) is 115 Å². The molecular formula is C44H27NOS. The van der Waals surface area contributed by atoms with E-state index >= 15 is 0 Å². The fourth-order valence-corrected chi connectivity index (χ4v) is 8.41. The van der Waals surface area contributed by atoms with Crippen LogP contribution in [-0.4, -0.2) is 0 Å². The zero-order chi connectivity index (χ0) is 30.9. The summed E-state index contributed by atoms with van der Waals surface area (Å²) in [6.07, 6.45) is 0. The Kier molecular flexibility index (Phi) is 5.78. The first-order chi connectivity index (χ1) is 23.3. The molecule has 0 saturated heterocycles. The van der Waals surface area contributed by atoms with E-state index in [1.165, 1.54) is 52.8 Å². The van der Waals surface area contributed by atoms with E-state index in [9.17, 15) is 0 Å². The molecule has 0 bridgehead atoms. The molecule has 0 aliphatic rings. The van der Waals surface area contributed by atoms with Crippen LogP contribution in [0, 0.1) is 0 Å². The Hall–Kier alpha value is -5.90. The lowest BCUT2D eigenvalue weighted by Gasteiger charge is -2.26. The van der Waals surface area contributed by atoms with Crippen LogP contribution in [0.4, 0.5) is 17.1 Å². The SMILES string of the molecule is c1ccc2c(c1)cc(-c1ccc(N(c3ccc4c(c3)sc3ccccc34)c3cccc4c3oc3ccccc34)cc1)c1ccccc12. The maximum absolute atomic E-state index is 6.59. The number of hydrogen-bond donors (Lipinski definition) is 0. The van der Waals surface area contributed by atoms with Crippen LogP contribution in [-0.2, 0) is 0 Å². The second-order valence-corrected chi connectivity index (χ2v) is 13.2. The average molecular weight is 618 g/mol. The van der Waals surface area contributed by atoms with Gasteiger partial charge in [0.15, 0.2) is 5.58 Å². The van der Waals surface area contributed by atoms with Gasteiger partial charge in [0, 0.05) is 42.3 Å². The van der Waals surface area contributed by atoms with Gasteiger partial charge in [-0.2, -0.15) is 0 Å². The molecule has 10 aromatic rings. The molecule has 3 heteroatoms. The highest BCUT2D eigenvalue weighted by atomic mass is 32.1. The lowest BCUT2D eigenvalue weighted by Crippen LogP contribution is -2.10. The molecule has 0 atom stereocenters. The Balaban J connectivity index is 1.18. The maximum atomic E-state index is 6.59. The van der Waals surface area contributed by atoms with E-state index in [0.717, 1.165) is 39.0 Å². The summed E-state index contributed by atoms with van der Waals surface area (Å²) in [6, 6.07) is 59.0. The summed E-state index contributed by atoms with van der Waals surface area (Å²) in [7, 11) is 0. The average Bonchev–Trinajstić information content (AvgIpc) is 3.70. The summed E-state index contributed by atoms with van der Waals surface area (Å²) >= 11 is 1.84. The fourth-order valence-electron chi connectivity index (χ4n) is 7.27. The summed E-state index contributed by atoms with van der Waals surface area (Å²) < 4.78 is 9.16. The topological polar surface area (TPSA) is 16.4 Å². The van der Waals surface area contributed by atoms with E-state index in [1.54, 1.807) is 0 Å². The molecule has 0 amide bonds. The molecule has 2 aromatic heterocycles. The second kappa shape index (κ2) is 10.3. The van der Waals surface area contributed by atoms with Crippen molar-refractivity contribution in [3.8, 4) is 11.1 Å². The lowest BCUT2D eigenvalue weighted by molar-refractivity contribution is 0.669. The first kappa shape index (κ1) is 26.3. The highest BCUT2D eigenvalue weighted by Gasteiger charge is 2.20. The molecular weight excluding hydrogens is 591 g/mol. The summed E-state index contributed by atoms with van der Waals surface area (Å²) in [5.74, 6) is 0. The van der Waals surface area contributed by atoms with Gasteiger partial charge in [0.1, 0.15) is 5.58 Å². The van der Waals surface area contributed by atoms with Crippen LogP contribution < -0.4 is 4.90 Å². The number of thiophene rings is 1. The van der Waals surface area contributed by atoms with Crippen LogP contribution in [0.3, 0.4) is 0 Å². The van der Waals surface area contributed by atoms with Gasteiger partial charge < -0.3 is 9.32 Å². The Morgan fingerprint density at radius 2 is 1.09 bits per heavy atom. The number of para-hydroxylation sites is 2. The predicted octanol–water partition coefficient (Wildman–Crippen LogP) is 13.4. The molecule has 0 N–H and O–H groups in total. The van der Waals surface area contributed by atoms with Crippen molar-refractivity contribution in [3.05, 3.63) is 164 Å². The number of benzene rings is 8. The van der Waals surface area contributed by atoms with Crippen molar-refractivity contribution in [2.45, 2.75) is 0 Å². The number of nitrogens with zero attached hydrogens (tertiary/aromatic N) is 1. The Bertz CT molecular complexity index is 2810. The summed E-state index contributed by atoms with van der Waals surface area (Å²) in [5.41, 5.74) is 7.40. The molecule has 0 unspecified atom stereocenters. The number of fused-ring (bicyclic) bond motifs is 9. The first-order valence-corrected chi connectivity index (χ1v) is 16.7. The fraction of sp³-hybridized carbons (Fsp3) is 0. The van der Waals surface area contributed by atoms with Crippen LogP contribution in [0.25, 0.3) is 74.8 Å². The van der Waals surface area contributed by atoms with Crippen LogP contribution in [0.5, 0.6) is 0 Å². The minimum atomic E-state index is 0.884. The van der Waals surface area contributed by atoms with Crippen molar-refractivity contribution in [1.29, 1.82) is 0 Å². The van der Waals surface area contributed by atoms with Crippen molar-refractivity contribution in [1.82, 2.24) is 0 Å². The van der Waals surface area contributed by atoms with E-state index in [4.69, 9.17) is 4.42 Å². The largest absolute Gasteiger partial charge is 0.454 e. The molecule has 47 heavy (non-hydrogen) atoms. The molecule has 10 rings (SSSR count). The third kappa shape index (κ3) is 4.10. The molecule has 0 saturated carbocycles. The molecule has 0 aliphatic carbocycles. The molecule has 2 heterocycles.